The molecule has 1 saturated carbocycles. The van der Waals surface area contributed by atoms with Crippen molar-refractivity contribution >= 4 is 5.97 Å². The second kappa shape index (κ2) is 9.23. The van der Waals surface area contributed by atoms with Gasteiger partial charge in [0, 0.05) is 6.92 Å². The van der Waals surface area contributed by atoms with Gasteiger partial charge in [-0.05, 0) is 54.4 Å². The van der Waals surface area contributed by atoms with E-state index in [9.17, 15) is 5.11 Å². The number of hydrogen-bond acceptors (Lipinski definition) is 3. The maximum atomic E-state index is 10.2. The standard InChI is InChI=1S/C19H22O2.C2H4O2/c1-21-19-9-7-15(8-10-19)17-11-16(12-18(20)13-17)14-5-3-2-4-6-14;1-2(3)4/h2-10,16-18,20H,11-13H2,1H3;1H3,(H,3,4). The van der Waals surface area contributed by atoms with Crippen molar-refractivity contribution in [2.45, 2.75) is 44.1 Å². The summed E-state index contributed by atoms with van der Waals surface area (Å²) < 4.78 is 5.22. The molecule has 1 fully saturated rings. The van der Waals surface area contributed by atoms with Crippen LogP contribution in [0.4, 0.5) is 0 Å². The molecule has 0 saturated heterocycles. The number of ether oxygens (including phenoxy) is 1. The summed E-state index contributed by atoms with van der Waals surface area (Å²) in [6, 6.07) is 18.8. The first-order chi connectivity index (χ1) is 12.0. The molecule has 0 radical (unpaired) electrons. The predicted molar refractivity (Wildman–Crippen MR) is 98.1 cm³/mol. The third kappa shape index (κ3) is 5.91. The van der Waals surface area contributed by atoms with Gasteiger partial charge in [-0.1, -0.05) is 42.5 Å². The van der Waals surface area contributed by atoms with Gasteiger partial charge in [-0.25, -0.2) is 0 Å². The fourth-order valence-corrected chi connectivity index (χ4v) is 3.43. The molecule has 1 aliphatic carbocycles. The van der Waals surface area contributed by atoms with Crippen LogP contribution in [0.3, 0.4) is 0 Å². The Balaban J connectivity index is 0.000000511. The molecule has 0 bridgehead atoms. The number of carbonyl (C=O) groups is 1. The van der Waals surface area contributed by atoms with Crippen molar-refractivity contribution in [1.82, 2.24) is 0 Å². The summed E-state index contributed by atoms with van der Waals surface area (Å²) in [5.41, 5.74) is 2.64. The Bertz CT molecular complexity index is 647. The molecule has 0 spiro atoms. The van der Waals surface area contributed by atoms with Crippen molar-refractivity contribution in [3.8, 4) is 5.75 Å². The molecule has 3 rings (SSSR count). The zero-order valence-corrected chi connectivity index (χ0v) is 14.8. The number of aliphatic hydroxyl groups is 1. The highest BCUT2D eigenvalue weighted by molar-refractivity contribution is 5.62. The molecule has 0 aliphatic heterocycles. The van der Waals surface area contributed by atoms with Crippen molar-refractivity contribution in [1.29, 1.82) is 0 Å². The smallest absolute Gasteiger partial charge is 0.300 e. The first kappa shape index (κ1) is 19.0. The third-order valence-corrected chi connectivity index (χ3v) is 4.54. The number of aliphatic carboxylic acids is 1. The van der Waals surface area contributed by atoms with Gasteiger partial charge in [0.1, 0.15) is 5.75 Å². The van der Waals surface area contributed by atoms with Crippen LogP contribution in [0, 0.1) is 0 Å². The van der Waals surface area contributed by atoms with E-state index >= 15 is 0 Å². The number of carboxylic acids is 1. The fraction of sp³-hybridized carbons (Fsp3) is 0.381. The quantitative estimate of drug-likeness (QED) is 0.877. The molecule has 2 aromatic rings. The minimum absolute atomic E-state index is 0.212. The van der Waals surface area contributed by atoms with Crippen molar-refractivity contribution in [2.75, 3.05) is 7.11 Å². The van der Waals surface area contributed by atoms with Crippen LogP contribution in [-0.2, 0) is 4.79 Å². The summed E-state index contributed by atoms with van der Waals surface area (Å²) in [7, 11) is 1.69. The average Bonchev–Trinajstić information content (AvgIpc) is 2.61. The molecule has 25 heavy (non-hydrogen) atoms. The Morgan fingerprint density at radius 2 is 1.40 bits per heavy atom. The van der Waals surface area contributed by atoms with Crippen molar-refractivity contribution in [3.63, 3.8) is 0 Å². The lowest BCUT2D eigenvalue weighted by Crippen LogP contribution is -2.24. The van der Waals surface area contributed by atoms with E-state index in [4.69, 9.17) is 14.6 Å². The highest BCUT2D eigenvalue weighted by Crippen LogP contribution is 2.41. The topological polar surface area (TPSA) is 66.8 Å². The molecular weight excluding hydrogens is 316 g/mol. The summed E-state index contributed by atoms with van der Waals surface area (Å²) in [4.78, 5) is 9.00. The van der Waals surface area contributed by atoms with Gasteiger partial charge in [-0.15, -0.1) is 0 Å². The van der Waals surface area contributed by atoms with E-state index in [0.717, 1.165) is 31.9 Å². The first-order valence-electron chi connectivity index (χ1n) is 8.56. The lowest BCUT2D eigenvalue weighted by Gasteiger charge is -2.33. The number of methoxy groups -OCH3 is 1. The second-order valence-electron chi connectivity index (χ2n) is 6.46. The van der Waals surface area contributed by atoms with Gasteiger partial charge >= 0.3 is 0 Å². The van der Waals surface area contributed by atoms with Crippen LogP contribution in [0.2, 0.25) is 0 Å². The van der Waals surface area contributed by atoms with Gasteiger partial charge in [0.2, 0.25) is 0 Å². The van der Waals surface area contributed by atoms with E-state index in [2.05, 4.69) is 36.4 Å². The van der Waals surface area contributed by atoms with Gasteiger partial charge in [0.05, 0.1) is 13.2 Å². The normalized spacial score (nSPS) is 22.4. The van der Waals surface area contributed by atoms with Gasteiger partial charge in [0.25, 0.3) is 5.97 Å². The number of benzene rings is 2. The molecule has 134 valence electrons. The SMILES string of the molecule is CC(=O)O.COc1ccc(C2CC(O)CC(c3ccccc3)C2)cc1. The largest absolute Gasteiger partial charge is 0.497 e. The average molecular weight is 342 g/mol. The van der Waals surface area contributed by atoms with E-state index in [0.29, 0.717) is 11.8 Å². The molecule has 0 aromatic heterocycles. The molecule has 3 atom stereocenters. The van der Waals surface area contributed by atoms with Crippen molar-refractivity contribution in [3.05, 3.63) is 65.7 Å². The van der Waals surface area contributed by atoms with Crippen LogP contribution in [0.5, 0.6) is 5.75 Å². The van der Waals surface area contributed by atoms with Crippen LogP contribution in [0.25, 0.3) is 0 Å². The molecular formula is C21H26O4. The minimum atomic E-state index is -0.833. The van der Waals surface area contributed by atoms with Gasteiger partial charge in [-0.2, -0.15) is 0 Å². The van der Waals surface area contributed by atoms with Gasteiger partial charge in [-0.3, -0.25) is 4.79 Å². The molecule has 2 N–H and O–H groups in total. The summed E-state index contributed by atoms with van der Waals surface area (Å²) >= 11 is 0. The lowest BCUT2D eigenvalue weighted by atomic mass is 9.74. The molecule has 4 heteroatoms. The molecule has 0 heterocycles. The van der Waals surface area contributed by atoms with Crippen LogP contribution >= 0.6 is 0 Å². The van der Waals surface area contributed by atoms with E-state index in [1.165, 1.54) is 11.1 Å². The maximum Gasteiger partial charge on any atom is 0.300 e. The monoisotopic (exact) mass is 342 g/mol. The Morgan fingerprint density at radius 3 is 1.88 bits per heavy atom. The van der Waals surface area contributed by atoms with E-state index in [1.807, 2.05) is 18.2 Å². The van der Waals surface area contributed by atoms with Crippen LogP contribution in [0.15, 0.2) is 54.6 Å². The van der Waals surface area contributed by atoms with Gasteiger partial charge in [0.15, 0.2) is 0 Å². The zero-order valence-electron chi connectivity index (χ0n) is 14.8. The lowest BCUT2D eigenvalue weighted by molar-refractivity contribution is -0.134. The number of hydrogen-bond donors (Lipinski definition) is 2. The van der Waals surface area contributed by atoms with Crippen molar-refractivity contribution in [2.24, 2.45) is 0 Å². The van der Waals surface area contributed by atoms with Crippen LogP contribution in [0.1, 0.15) is 49.1 Å². The van der Waals surface area contributed by atoms with Crippen LogP contribution < -0.4 is 4.74 Å². The Labute approximate surface area is 149 Å². The fourth-order valence-electron chi connectivity index (χ4n) is 3.43. The summed E-state index contributed by atoms with van der Waals surface area (Å²) in [5, 5.41) is 17.7. The Morgan fingerprint density at radius 1 is 0.920 bits per heavy atom. The molecule has 1 aliphatic rings. The predicted octanol–water partition coefficient (Wildman–Crippen LogP) is 4.20. The maximum absolute atomic E-state index is 10.2. The zero-order chi connectivity index (χ0) is 18.2. The Kier molecular flexibility index (Phi) is 7.02. The summed E-state index contributed by atoms with van der Waals surface area (Å²) in [6.45, 7) is 1.08. The molecule has 2 aromatic carbocycles. The second-order valence-corrected chi connectivity index (χ2v) is 6.46. The van der Waals surface area contributed by atoms with Crippen LogP contribution in [-0.4, -0.2) is 29.4 Å². The minimum Gasteiger partial charge on any atom is -0.497 e. The highest BCUT2D eigenvalue weighted by atomic mass is 16.5. The summed E-state index contributed by atoms with van der Waals surface area (Å²) in [5.74, 6) is 0.918. The van der Waals surface area contributed by atoms with E-state index in [1.54, 1.807) is 7.11 Å². The Hall–Kier alpha value is -2.33. The van der Waals surface area contributed by atoms with Crippen molar-refractivity contribution < 1.29 is 19.7 Å². The molecule has 0 amide bonds. The summed E-state index contributed by atoms with van der Waals surface area (Å²) in [6.07, 6.45) is 2.62. The number of rotatable bonds is 3. The van der Waals surface area contributed by atoms with E-state index in [-0.39, 0.29) is 6.10 Å². The number of carboxylic acid groups (broad SMARTS) is 1. The van der Waals surface area contributed by atoms with Gasteiger partial charge < -0.3 is 14.9 Å². The number of aliphatic hydroxyl groups excluding tert-OH is 1. The molecule has 4 nitrogen and oxygen atoms in total. The van der Waals surface area contributed by atoms with E-state index < -0.39 is 5.97 Å². The first-order valence-corrected chi connectivity index (χ1v) is 8.56. The molecule has 3 unspecified atom stereocenters. The highest BCUT2D eigenvalue weighted by Gasteiger charge is 2.29. The third-order valence-electron chi connectivity index (χ3n) is 4.54.